The van der Waals surface area contributed by atoms with Crippen molar-refractivity contribution < 1.29 is 15.0 Å². The van der Waals surface area contributed by atoms with Gasteiger partial charge in [0, 0.05) is 16.8 Å². The Labute approximate surface area is 116 Å². The Kier molecular flexibility index (Phi) is 4.38. The van der Waals surface area contributed by atoms with E-state index in [0.29, 0.717) is 11.3 Å². The zero-order valence-electron chi connectivity index (χ0n) is 10.6. The van der Waals surface area contributed by atoms with E-state index in [1.807, 2.05) is 0 Å². The summed E-state index contributed by atoms with van der Waals surface area (Å²) in [6.07, 6.45) is 0. The predicted octanol–water partition coefficient (Wildman–Crippen LogP) is 1.99. The lowest BCUT2D eigenvalue weighted by Crippen LogP contribution is -2.11. The topological polar surface area (TPSA) is 69.6 Å². The van der Waals surface area contributed by atoms with Gasteiger partial charge in [-0.1, -0.05) is 11.8 Å². The minimum atomic E-state index is -0.251. The molecule has 2 rings (SSSR count). The molecule has 0 aliphatic heterocycles. The van der Waals surface area contributed by atoms with Gasteiger partial charge in [0.15, 0.2) is 0 Å². The normalized spacial score (nSPS) is 9.45. The molecule has 0 unspecified atom stereocenters. The van der Waals surface area contributed by atoms with E-state index in [1.54, 1.807) is 36.4 Å². The molecule has 0 aromatic heterocycles. The molecule has 4 nitrogen and oxygen atoms in total. The Morgan fingerprint density at radius 3 is 2.30 bits per heavy atom. The van der Waals surface area contributed by atoms with Gasteiger partial charge in [-0.25, -0.2) is 0 Å². The number of rotatable bonds is 2. The van der Waals surface area contributed by atoms with E-state index >= 15 is 0 Å². The zero-order chi connectivity index (χ0) is 14.4. The highest BCUT2D eigenvalue weighted by molar-refractivity contribution is 6.04. The first-order valence-electron chi connectivity index (χ1n) is 5.99. The fourth-order valence-electron chi connectivity index (χ4n) is 1.59. The van der Waals surface area contributed by atoms with E-state index < -0.39 is 0 Å². The van der Waals surface area contributed by atoms with Crippen molar-refractivity contribution in [3.63, 3.8) is 0 Å². The molecule has 0 bridgehead atoms. The molecule has 0 saturated heterocycles. The third kappa shape index (κ3) is 3.61. The lowest BCUT2D eigenvalue weighted by Gasteiger charge is -2.05. The summed E-state index contributed by atoms with van der Waals surface area (Å²) in [6.45, 7) is -0.181. The van der Waals surface area contributed by atoms with E-state index in [9.17, 15) is 4.79 Å². The van der Waals surface area contributed by atoms with Gasteiger partial charge in [0.2, 0.25) is 0 Å². The van der Waals surface area contributed by atoms with Crippen molar-refractivity contribution in [2.45, 2.75) is 0 Å². The Balaban J connectivity index is 2.06. The first-order chi connectivity index (χ1) is 9.69. The van der Waals surface area contributed by atoms with Crippen molar-refractivity contribution >= 4 is 11.6 Å². The molecule has 0 saturated carbocycles. The molecule has 0 aliphatic carbocycles. The third-order valence-corrected chi connectivity index (χ3v) is 2.58. The van der Waals surface area contributed by atoms with Crippen molar-refractivity contribution in [2.24, 2.45) is 0 Å². The van der Waals surface area contributed by atoms with Crippen LogP contribution in [0.4, 0.5) is 5.69 Å². The largest absolute Gasteiger partial charge is 0.508 e. The van der Waals surface area contributed by atoms with Crippen LogP contribution in [0.2, 0.25) is 0 Å². The van der Waals surface area contributed by atoms with E-state index in [1.165, 1.54) is 12.1 Å². The van der Waals surface area contributed by atoms with Crippen LogP contribution in [0, 0.1) is 11.8 Å². The number of aliphatic hydroxyl groups excluding tert-OH is 1. The molecule has 4 heteroatoms. The Morgan fingerprint density at radius 1 is 1.05 bits per heavy atom. The molecule has 0 heterocycles. The Hall–Kier alpha value is -2.77. The van der Waals surface area contributed by atoms with Crippen LogP contribution in [0.1, 0.15) is 15.9 Å². The maximum absolute atomic E-state index is 11.9. The summed E-state index contributed by atoms with van der Waals surface area (Å²) in [7, 11) is 0. The average Bonchev–Trinajstić information content (AvgIpc) is 2.47. The van der Waals surface area contributed by atoms with E-state index in [2.05, 4.69) is 17.2 Å². The fourth-order valence-corrected chi connectivity index (χ4v) is 1.59. The maximum Gasteiger partial charge on any atom is 0.255 e. The van der Waals surface area contributed by atoms with Crippen molar-refractivity contribution in [3.05, 3.63) is 59.7 Å². The molecular formula is C16H13NO3. The fraction of sp³-hybridized carbons (Fsp3) is 0.0625. The van der Waals surface area contributed by atoms with E-state index in [4.69, 9.17) is 10.2 Å². The molecule has 0 radical (unpaired) electrons. The smallest absolute Gasteiger partial charge is 0.255 e. The first-order valence-corrected chi connectivity index (χ1v) is 5.99. The highest BCUT2D eigenvalue weighted by atomic mass is 16.3. The van der Waals surface area contributed by atoms with Crippen LogP contribution in [-0.2, 0) is 0 Å². The summed E-state index contributed by atoms with van der Waals surface area (Å²) in [4.78, 5) is 11.9. The molecule has 2 aromatic carbocycles. The SMILES string of the molecule is O=C(Nc1ccc(C#CCO)cc1)c1ccc(O)cc1. The van der Waals surface area contributed by atoms with Gasteiger partial charge in [0.05, 0.1) is 0 Å². The quantitative estimate of drug-likeness (QED) is 0.729. The number of anilines is 1. The molecule has 0 atom stereocenters. The van der Waals surface area contributed by atoms with Crippen LogP contribution in [0.5, 0.6) is 5.75 Å². The molecule has 0 spiro atoms. The standard InChI is InChI=1S/C16H13NO3/c18-11-1-2-12-3-7-14(8-4-12)17-16(20)13-5-9-15(19)10-6-13/h3-10,18-19H,11H2,(H,17,20). The number of carbonyl (C=O) groups is 1. The second kappa shape index (κ2) is 6.41. The van der Waals surface area contributed by atoms with Crippen LogP contribution in [0.25, 0.3) is 0 Å². The van der Waals surface area contributed by atoms with E-state index in [0.717, 1.165) is 5.56 Å². The minimum absolute atomic E-state index is 0.119. The molecule has 0 fully saturated rings. The minimum Gasteiger partial charge on any atom is -0.508 e. The van der Waals surface area contributed by atoms with Gasteiger partial charge in [0.1, 0.15) is 12.4 Å². The number of aromatic hydroxyl groups is 1. The number of nitrogens with one attached hydrogen (secondary N) is 1. The average molecular weight is 267 g/mol. The van der Waals surface area contributed by atoms with Crippen molar-refractivity contribution in [3.8, 4) is 17.6 Å². The van der Waals surface area contributed by atoms with E-state index in [-0.39, 0.29) is 18.3 Å². The summed E-state index contributed by atoms with van der Waals surface area (Å²) in [5.74, 6) is 5.19. The van der Waals surface area contributed by atoms with Gasteiger partial charge in [0.25, 0.3) is 5.91 Å². The van der Waals surface area contributed by atoms with Crippen LogP contribution in [-0.4, -0.2) is 22.7 Å². The monoisotopic (exact) mass is 267 g/mol. The van der Waals surface area contributed by atoms with Crippen LogP contribution >= 0.6 is 0 Å². The molecule has 20 heavy (non-hydrogen) atoms. The lowest BCUT2D eigenvalue weighted by atomic mass is 10.2. The second-order valence-corrected chi connectivity index (χ2v) is 4.04. The molecular weight excluding hydrogens is 254 g/mol. The van der Waals surface area contributed by atoms with Crippen molar-refractivity contribution in [2.75, 3.05) is 11.9 Å². The Morgan fingerprint density at radius 2 is 1.70 bits per heavy atom. The van der Waals surface area contributed by atoms with Crippen LogP contribution < -0.4 is 5.32 Å². The Bertz CT molecular complexity index is 649. The molecule has 100 valence electrons. The first kappa shape index (κ1) is 13.7. The maximum atomic E-state index is 11.9. The van der Waals surface area contributed by atoms with Crippen molar-refractivity contribution in [1.29, 1.82) is 0 Å². The molecule has 3 N–H and O–H groups in total. The number of benzene rings is 2. The number of hydrogen-bond donors (Lipinski definition) is 3. The van der Waals surface area contributed by atoms with Gasteiger partial charge in [-0.2, -0.15) is 0 Å². The van der Waals surface area contributed by atoms with Gasteiger partial charge < -0.3 is 15.5 Å². The summed E-state index contributed by atoms with van der Waals surface area (Å²) < 4.78 is 0. The summed E-state index contributed by atoms with van der Waals surface area (Å²) >= 11 is 0. The third-order valence-electron chi connectivity index (χ3n) is 2.58. The lowest BCUT2D eigenvalue weighted by molar-refractivity contribution is 0.102. The van der Waals surface area contributed by atoms with Gasteiger partial charge >= 0.3 is 0 Å². The zero-order valence-corrected chi connectivity index (χ0v) is 10.6. The van der Waals surface area contributed by atoms with Gasteiger partial charge in [-0.05, 0) is 48.5 Å². The van der Waals surface area contributed by atoms with Crippen LogP contribution in [0.3, 0.4) is 0 Å². The van der Waals surface area contributed by atoms with Crippen LogP contribution in [0.15, 0.2) is 48.5 Å². The van der Waals surface area contributed by atoms with Gasteiger partial charge in [-0.15, -0.1) is 0 Å². The number of hydrogen-bond acceptors (Lipinski definition) is 3. The highest BCUT2D eigenvalue weighted by Crippen LogP contribution is 2.13. The molecule has 2 aromatic rings. The number of aliphatic hydroxyl groups is 1. The van der Waals surface area contributed by atoms with Gasteiger partial charge in [-0.3, -0.25) is 4.79 Å². The summed E-state index contributed by atoms with van der Waals surface area (Å²) in [6, 6.07) is 13.0. The number of amides is 1. The number of carbonyl (C=O) groups excluding carboxylic acids is 1. The summed E-state index contributed by atoms with van der Waals surface area (Å²) in [5, 5.41) is 20.5. The second-order valence-electron chi connectivity index (χ2n) is 4.04. The number of phenols is 1. The molecule has 0 aliphatic rings. The highest BCUT2D eigenvalue weighted by Gasteiger charge is 2.05. The number of phenolic OH excluding ortho intramolecular Hbond substituents is 1. The summed E-state index contributed by atoms with van der Waals surface area (Å²) in [5.41, 5.74) is 1.88. The molecule has 1 amide bonds. The van der Waals surface area contributed by atoms with Crippen molar-refractivity contribution in [1.82, 2.24) is 0 Å². The predicted molar refractivity (Wildman–Crippen MR) is 76.5 cm³/mol.